The molecule has 1 aliphatic heterocycles. The third-order valence-corrected chi connectivity index (χ3v) is 8.21. The summed E-state index contributed by atoms with van der Waals surface area (Å²) in [6, 6.07) is 3.04. The number of carbonyl (C=O) groups excluding carboxylic acids is 2. The number of imidazole rings is 1. The van der Waals surface area contributed by atoms with Crippen molar-refractivity contribution in [1.29, 1.82) is 0 Å². The lowest BCUT2D eigenvalue weighted by atomic mass is 9.78. The highest BCUT2D eigenvalue weighted by molar-refractivity contribution is 5.92. The van der Waals surface area contributed by atoms with Crippen molar-refractivity contribution in [3.05, 3.63) is 41.6 Å². The molecule has 1 saturated carbocycles. The third-order valence-electron chi connectivity index (χ3n) is 8.21. The van der Waals surface area contributed by atoms with E-state index >= 15 is 0 Å². The molecule has 2 N–H and O–H groups in total. The zero-order valence-corrected chi connectivity index (χ0v) is 22.9. The molecule has 1 aliphatic carbocycles. The van der Waals surface area contributed by atoms with E-state index in [-0.39, 0.29) is 36.8 Å². The van der Waals surface area contributed by atoms with Gasteiger partial charge >= 0.3 is 6.18 Å². The van der Waals surface area contributed by atoms with Gasteiger partial charge in [-0.3, -0.25) is 9.59 Å². The molecule has 13 heteroatoms. The van der Waals surface area contributed by atoms with Gasteiger partial charge in [-0.2, -0.15) is 18.3 Å². The minimum absolute atomic E-state index is 0.0345. The van der Waals surface area contributed by atoms with Crippen molar-refractivity contribution in [3.8, 4) is 0 Å². The van der Waals surface area contributed by atoms with Gasteiger partial charge in [0.1, 0.15) is 5.69 Å². The molecule has 2 amide bonds. The summed E-state index contributed by atoms with van der Waals surface area (Å²) in [6.45, 7) is 5.70. The minimum atomic E-state index is -4.36. The van der Waals surface area contributed by atoms with Crippen LogP contribution in [0.4, 0.5) is 13.2 Å². The Hall–Kier alpha value is -3.51. The summed E-state index contributed by atoms with van der Waals surface area (Å²) >= 11 is 0. The predicted molar refractivity (Wildman–Crippen MR) is 139 cm³/mol. The lowest BCUT2D eigenvalue weighted by Gasteiger charge is -2.32. The molecule has 40 heavy (non-hydrogen) atoms. The number of rotatable bonds is 7. The molecule has 0 radical (unpaired) electrons. The molecule has 0 spiro atoms. The van der Waals surface area contributed by atoms with Gasteiger partial charge in [-0.25, -0.2) is 14.2 Å². The lowest BCUT2D eigenvalue weighted by molar-refractivity contribution is -0.183. The zero-order valence-electron chi connectivity index (χ0n) is 22.9. The van der Waals surface area contributed by atoms with Gasteiger partial charge in [-0.05, 0) is 57.1 Å². The molecule has 1 unspecified atom stereocenters. The predicted octanol–water partition coefficient (Wildman–Crippen LogP) is 4.06. The van der Waals surface area contributed by atoms with Crippen LogP contribution in [0.15, 0.2) is 24.5 Å². The van der Waals surface area contributed by atoms with E-state index in [1.54, 1.807) is 27.5 Å². The van der Waals surface area contributed by atoms with E-state index in [1.807, 2.05) is 13.8 Å². The van der Waals surface area contributed by atoms with E-state index in [2.05, 4.69) is 33.0 Å². The standard InChI is InChI=1S/C27H35F3N8O2/c1-15(2)38-22(13-32-36-38)26(40)34-24(17-6-4-16(3)5-7-17)21-14-37-23(33-21)9-8-20(35-37)11-18-10-19(27(28,29)30)12-31-25(18)39/h8-9,13-19,24H,4-7,10-12H2,1-3H3,(H,31,39)(H,34,40)/t16-,17-,18?,19-,24+/m1/s1. The van der Waals surface area contributed by atoms with Crippen LogP contribution in [0, 0.1) is 23.7 Å². The van der Waals surface area contributed by atoms with Gasteiger partial charge in [0.05, 0.1) is 35.7 Å². The summed E-state index contributed by atoms with van der Waals surface area (Å²) in [5.41, 5.74) is 2.08. The van der Waals surface area contributed by atoms with Crippen LogP contribution in [-0.2, 0) is 11.2 Å². The number of carbonyl (C=O) groups is 2. The molecule has 0 aromatic carbocycles. The highest BCUT2D eigenvalue weighted by atomic mass is 19.4. The molecule has 0 bridgehead atoms. The van der Waals surface area contributed by atoms with Crippen LogP contribution in [0.2, 0.25) is 0 Å². The fourth-order valence-electron chi connectivity index (χ4n) is 5.83. The number of fused-ring (bicyclic) bond motifs is 1. The molecular formula is C27H35F3N8O2. The molecule has 216 valence electrons. The largest absolute Gasteiger partial charge is 0.393 e. The Kier molecular flexibility index (Phi) is 7.83. The first-order chi connectivity index (χ1) is 19.0. The molecule has 2 fully saturated rings. The van der Waals surface area contributed by atoms with Gasteiger partial charge < -0.3 is 10.6 Å². The van der Waals surface area contributed by atoms with Gasteiger partial charge in [0.15, 0.2) is 5.65 Å². The number of nitrogens with zero attached hydrogens (tertiary/aromatic N) is 6. The average Bonchev–Trinajstić information content (AvgIpc) is 3.56. The minimum Gasteiger partial charge on any atom is -0.355 e. The molecule has 2 aliphatic rings. The van der Waals surface area contributed by atoms with Crippen molar-refractivity contribution >= 4 is 17.5 Å². The van der Waals surface area contributed by atoms with E-state index in [1.165, 1.54) is 6.20 Å². The number of aromatic nitrogens is 6. The quantitative estimate of drug-likeness (QED) is 0.450. The Bertz CT molecular complexity index is 1360. The van der Waals surface area contributed by atoms with Crippen molar-refractivity contribution < 1.29 is 22.8 Å². The molecule has 3 atom stereocenters. The fraction of sp³-hybridized carbons (Fsp3) is 0.630. The monoisotopic (exact) mass is 560 g/mol. The Morgan fingerprint density at radius 3 is 2.65 bits per heavy atom. The molecular weight excluding hydrogens is 525 g/mol. The van der Waals surface area contributed by atoms with Crippen LogP contribution in [0.3, 0.4) is 0 Å². The number of nitrogens with one attached hydrogen (secondary N) is 2. The maximum Gasteiger partial charge on any atom is 0.393 e. The second-order valence-electron chi connectivity index (χ2n) is 11.5. The van der Waals surface area contributed by atoms with Crippen molar-refractivity contribution in [2.45, 2.75) is 77.6 Å². The summed E-state index contributed by atoms with van der Waals surface area (Å²) in [5, 5.41) is 18.1. The van der Waals surface area contributed by atoms with Crippen molar-refractivity contribution in [3.63, 3.8) is 0 Å². The number of amides is 2. The van der Waals surface area contributed by atoms with Gasteiger partial charge in [0.2, 0.25) is 5.91 Å². The maximum atomic E-state index is 13.4. The number of piperidine rings is 1. The van der Waals surface area contributed by atoms with Crippen molar-refractivity contribution in [2.24, 2.45) is 23.7 Å². The molecule has 1 saturated heterocycles. The molecule has 3 aromatic heterocycles. The number of hydrogen-bond donors (Lipinski definition) is 2. The Labute approximate surface area is 230 Å². The van der Waals surface area contributed by atoms with Gasteiger partial charge in [-0.1, -0.05) is 25.0 Å². The highest BCUT2D eigenvalue weighted by Gasteiger charge is 2.44. The molecule has 10 nitrogen and oxygen atoms in total. The molecule has 4 heterocycles. The second kappa shape index (κ2) is 11.2. The Morgan fingerprint density at radius 1 is 1.20 bits per heavy atom. The first-order valence-electron chi connectivity index (χ1n) is 13.9. The summed E-state index contributed by atoms with van der Waals surface area (Å²) in [6.07, 6.45) is 2.68. The Morgan fingerprint density at radius 2 is 1.95 bits per heavy atom. The summed E-state index contributed by atoms with van der Waals surface area (Å²) in [4.78, 5) is 30.4. The van der Waals surface area contributed by atoms with E-state index in [9.17, 15) is 22.8 Å². The van der Waals surface area contributed by atoms with Crippen LogP contribution >= 0.6 is 0 Å². The van der Waals surface area contributed by atoms with Crippen LogP contribution in [0.25, 0.3) is 5.65 Å². The summed E-state index contributed by atoms with van der Waals surface area (Å²) in [7, 11) is 0. The van der Waals surface area contributed by atoms with E-state index < -0.39 is 30.5 Å². The van der Waals surface area contributed by atoms with Crippen molar-refractivity contribution in [1.82, 2.24) is 40.2 Å². The summed E-state index contributed by atoms with van der Waals surface area (Å²) < 4.78 is 43.0. The van der Waals surface area contributed by atoms with Gasteiger partial charge in [0, 0.05) is 24.9 Å². The zero-order chi connectivity index (χ0) is 28.6. The smallest absolute Gasteiger partial charge is 0.355 e. The van der Waals surface area contributed by atoms with Crippen LogP contribution in [0.1, 0.15) is 86.8 Å². The summed E-state index contributed by atoms with van der Waals surface area (Å²) in [5.74, 6) is -2.25. The topological polar surface area (TPSA) is 119 Å². The van der Waals surface area contributed by atoms with Crippen LogP contribution in [0.5, 0.6) is 0 Å². The number of hydrogen-bond acceptors (Lipinski definition) is 6. The highest BCUT2D eigenvalue weighted by Crippen LogP contribution is 2.37. The average molecular weight is 561 g/mol. The SMILES string of the molecule is CC(C)n1nncc1C(=O)N[C@H](c1cn2nc(CC3C[C@@H](C(F)(F)F)CNC3=O)ccc2n1)[C@H]1CC[C@H](C)CC1. The van der Waals surface area contributed by atoms with Crippen molar-refractivity contribution in [2.75, 3.05) is 6.54 Å². The van der Waals surface area contributed by atoms with Crippen LogP contribution in [-0.4, -0.2) is 54.1 Å². The second-order valence-corrected chi connectivity index (χ2v) is 11.5. The van der Waals surface area contributed by atoms with Crippen LogP contribution < -0.4 is 10.6 Å². The van der Waals surface area contributed by atoms with E-state index in [0.29, 0.717) is 28.6 Å². The number of halogens is 3. The van der Waals surface area contributed by atoms with E-state index in [4.69, 9.17) is 4.98 Å². The number of alkyl halides is 3. The van der Waals surface area contributed by atoms with Gasteiger partial charge in [0.25, 0.3) is 5.91 Å². The normalized spacial score (nSPS) is 24.7. The lowest BCUT2D eigenvalue weighted by Crippen LogP contribution is -2.47. The first-order valence-corrected chi connectivity index (χ1v) is 13.9. The first kappa shape index (κ1) is 28.0. The van der Waals surface area contributed by atoms with E-state index in [0.717, 1.165) is 25.7 Å². The maximum absolute atomic E-state index is 13.4. The Balaban J connectivity index is 1.39. The molecule has 5 rings (SSSR count). The fourth-order valence-corrected chi connectivity index (χ4v) is 5.83. The molecule has 3 aromatic rings. The third kappa shape index (κ3) is 5.97. The van der Waals surface area contributed by atoms with Gasteiger partial charge in [-0.15, -0.1) is 5.10 Å².